The van der Waals surface area contributed by atoms with E-state index < -0.39 is 0 Å². The molecule has 0 spiro atoms. The molecule has 1 saturated carbocycles. The zero-order chi connectivity index (χ0) is 12.8. The highest BCUT2D eigenvalue weighted by molar-refractivity contribution is 5.97. The number of likely N-dealkylation sites (N-methyl/N-ethyl adjacent to an activating group) is 1. The number of carbonyl (C=O) groups is 1. The van der Waals surface area contributed by atoms with E-state index in [4.69, 9.17) is 10.00 Å². The Bertz CT molecular complexity index is 555. The molecule has 4 heteroatoms. The molecule has 0 atom stereocenters. The van der Waals surface area contributed by atoms with Gasteiger partial charge in [0.1, 0.15) is 5.75 Å². The average molecular weight is 242 g/mol. The molecule has 1 amide bonds. The molecule has 0 N–H and O–H groups in total. The minimum absolute atomic E-state index is 0.0407. The molecule has 2 aliphatic rings. The Morgan fingerprint density at radius 2 is 2.28 bits per heavy atom. The highest BCUT2D eigenvalue weighted by Gasteiger charge is 2.43. The molecule has 1 aromatic carbocycles. The van der Waals surface area contributed by atoms with Gasteiger partial charge in [-0.2, -0.15) is 5.26 Å². The zero-order valence-corrected chi connectivity index (χ0v) is 10.3. The molecule has 0 aromatic heterocycles. The molecular weight excluding hydrogens is 228 g/mol. The lowest BCUT2D eigenvalue weighted by molar-refractivity contribution is -0.120. The lowest BCUT2D eigenvalue weighted by Gasteiger charge is -2.26. The predicted molar refractivity (Wildman–Crippen MR) is 66.3 cm³/mol. The standard InChI is InChI=1S/C14H14N2O2/c1-16-11-6-10(7-14(9-15)4-5-14)2-3-12(11)18-8-13(16)17/h2-3,6H,4-5,7-8H2,1H3. The molecule has 92 valence electrons. The van der Waals surface area contributed by atoms with Gasteiger partial charge in [0.2, 0.25) is 0 Å². The third kappa shape index (κ3) is 1.72. The lowest BCUT2D eigenvalue weighted by atomic mass is 9.97. The van der Waals surface area contributed by atoms with Crippen LogP contribution in [-0.4, -0.2) is 19.6 Å². The largest absolute Gasteiger partial charge is 0.482 e. The van der Waals surface area contributed by atoms with Crippen LogP contribution in [0.2, 0.25) is 0 Å². The molecule has 4 nitrogen and oxygen atoms in total. The number of nitriles is 1. The van der Waals surface area contributed by atoms with Crippen molar-refractivity contribution >= 4 is 11.6 Å². The van der Waals surface area contributed by atoms with Crippen LogP contribution in [0.15, 0.2) is 18.2 Å². The number of nitrogens with zero attached hydrogens (tertiary/aromatic N) is 2. The summed E-state index contributed by atoms with van der Waals surface area (Å²) in [5.74, 6) is 0.698. The number of carbonyl (C=O) groups excluding carboxylic acids is 1. The summed E-state index contributed by atoms with van der Waals surface area (Å²) >= 11 is 0. The van der Waals surface area contributed by atoms with Crippen LogP contribution in [0, 0.1) is 16.7 Å². The Balaban J connectivity index is 1.91. The molecule has 1 heterocycles. The first-order valence-electron chi connectivity index (χ1n) is 6.07. The second-order valence-electron chi connectivity index (χ2n) is 5.11. The summed E-state index contributed by atoms with van der Waals surface area (Å²) in [6, 6.07) is 8.23. The van der Waals surface area contributed by atoms with Gasteiger partial charge >= 0.3 is 0 Å². The van der Waals surface area contributed by atoms with Gasteiger partial charge < -0.3 is 9.64 Å². The van der Waals surface area contributed by atoms with Crippen molar-refractivity contribution in [2.75, 3.05) is 18.6 Å². The van der Waals surface area contributed by atoms with Gasteiger partial charge in [-0.25, -0.2) is 0 Å². The molecule has 18 heavy (non-hydrogen) atoms. The van der Waals surface area contributed by atoms with Gasteiger partial charge in [0.15, 0.2) is 6.61 Å². The van der Waals surface area contributed by atoms with Crippen LogP contribution in [-0.2, 0) is 11.2 Å². The maximum absolute atomic E-state index is 11.6. The number of anilines is 1. The first kappa shape index (κ1) is 11.1. The minimum Gasteiger partial charge on any atom is -0.482 e. The highest BCUT2D eigenvalue weighted by atomic mass is 16.5. The Morgan fingerprint density at radius 3 is 2.94 bits per heavy atom. The quantitative estimate of drug-likeness (QED) is 0.795. The predicted octanol–water partition coefficient (Wildman–Crippen LogP) is 1.89. The topological polar surface area (TPSA) is 53.3 Å². The summed E-state index contributed by atoms with van der Waals surface area (Å²) in [5.41, 5.74) is 1.74. The summed E-state index contributed by atoms with van der Waals surface area (Å²) in [6.45, 7) is 0.102. The number of rotatable bonds is 2. The van der Waals surface area contributed by atoms with Crippen molar-refractivity contribution in [2.24, 2.45) is 5.41 Å². The molecule has 1 aromatic rings. The third-order valence-corrected chi connectivity index (χ3v) is 3.74. The van der Waals surface area contributed by atoms with E-state index in [-0.39, 0.29) is 17.9 Å². The van der Waals surface area contributed by atoms with Crippen molar-refractivity contribution in [1.82, 2.24) is 0 Å². The summed E-state index contributed by atoms with van der Waals surface area (Å²) in [7, 11) is 1.75. The molecule has 1 aliphatic carbocycles. The number of amides is 1. The number of fused-ring (bicyclic) bond motifs is 1. The normalized spacial score (nSPS) is 19.8. The van der Waals surface area contributed by atoms with Crippen LogP contribution in [0.3, 0.4) is 0 Å². The second-order valence-corrected chi connectivity index (χ2v) is 5.11. The van der Waals surface area contributed by atoms with Crippen molar-refractivity contribution in [1.29, 1.82) is 5.26 Å². The molecule has 1 fully saturated rings. The molecule has 0 radical (unpaired) electrons. The van der Waals surface area contributed by atoms with Crippen molar-refractivity contribution in [3.8, 4) is 11.8 Å². The molecule has 0 unspecified atom stereocenters. The maximum Gasteiger partial charge on any atom is 0.264 e. The van der Waals surface area contributed by atoms with Gasteiger partial charge in [0, 0.05) is 7.05 Å². The van der Waals surface area contributed by atoms with Crippen LogP contribution in [0.4, 0.5) is 5.69 Å². The second kappa shape index (κ2) is 3.74. The molecule has 1 aliphatic heterocycles. The maximum atomic E-state index is 11.6. The number of hydrogen-bond acceptors (Lipinski definition) is 3. The van der Waals surface area contributed by atoms with Crippen molar-refractivity contribution in [3.63, 3.8) is 0 Å². The summed E-state index contributed by atoms with van der Waals surface area (Å²) in [5, 5.41) is 9.11. The SMILES string of the molecule is CN1C(=O)COc2ccc(CC3(C#N)CC3)cc21. The van der Waals surface area contributed by atoms with Crippen molar-refractivity contribution in [2.45, 2.75) is 19.3 Å². The van der Waals surface area contributed by atoms with Gasteiger partial charge in [0.25, 0.3) is 5.91 Å². The third-order valence-electron chi connectivity index (χ3n) is 3.74. The lowest BCUT2D eigenvalue weighted by Crippen LogP contribution is -2.35. The van der Waals surface area contributed by atoms with E-state index in [1.807, 2.05) is 18.2 Å². The minimum atomic E-state index is -0.160. The zero-order valence-electron chi connectivity index (χ0n) is 10.3. The van der Waals surface area contributed by atoms with E-state index in [2.05, 4.69) is 6.07 Å². The van der Waals surface area contributed by atoms with Crippen LogP contribution < -0.4 is 9.64 Å². The molecule has 0 saturated heterocycles. The van der Waals surface area contributed by atoms with E-state index >= 15 is 0 Å². The van der Waals surface area contributed by atoms with Gasteiger partial charge in [-0.1, -0.05) is 6.07 Å². The Morgan fingerprint density at radius 1 is 1.50 bits per heavy atom. The average Bonchev–Trinajstić information content (AvgIpc) is 3.15. The monoisotopic (exact) mass is 242 g/mol. The van der Waals surface area contributed by atoms with E-state index in [9.17, 15) is 4.79 Å². The molecule has 0 bridgehead atoms. The Kier molecular flexibility index (Phi) is 2.30. The first-order chi connectivity index (χ1) is 8.63. The first-order valence-corrected chi connectivity index (χ1v) is 6.07. The van der Waals surface area contributed by atoms with E-state index in [1.165, 1.54) is 0 Å². The van der Waals surface area contributed by atoms with Crippen molar-refractivity contribution in [3.05, 3.63) is 23.8 Å². The Hall–Kier alpha value is -2.02. The van der Waals surface area contributed by atoms with Crippen LogP contribution >= 0.6 is 0 Å². The number of ether oxygens (including phenoxy) is 1. The van der Waals surface area contributed by atoms with E-state index in [0.29, 0.717) is 0 Å². The number of hydrogen-bond donors (Lipinski definition) is 0. The smallest absolute Gasteiger partial charge is 0.264 e. The summed E-state index contributed by atoms with van der Waals surface area (Å²) in [4.78, 5) is 13.2. The van der Waals surface area contributed by atoms with Crippen LogP contribution in [0.5, 0.6) is 5.75 Å². The summed E-state index contributed by atoms with van der Waals surface area (Å²) < 4.78 is 5.38. The van der Waals surface area contributed by atoms with E-state index in [1.54, 1.807) is 11.9 Å². The van der Waals surface area contributed by atoms with Gasteiger partial charge in [-0.15, -0.1) is 0 Å². The van der Waals surface area contributed by atoms with Crippen LogP contribution in [0.25, 0.3) is 0 Å². The summed E-state index contributed by atoms with van der Waals surface area (Å²) in [6.07, 6.45) is 2.72. The molecular formula is C14H14N2O2. The molecule has 3 rings (SSSR count). The fourth-order valence-electron chi connectivity index (χ4n) is 2.30. The van der Waals surface area contributed by atoms with Gasteiger partial charge in [-0.05, 0) is 37.0 Å². The van der Waals surface area contributed by atoms with Crippen molar-refractivity contribution < 1.29 is 9.53 Å². The van der Waals surface area contributed by atoms with Gasteiger partial charge in [0.05, 0.1) is 17.2 Å². The number of benzene rings is 1. The van der Waals surface area contributed by atoms with E-state index in [0.717, 1.165) is 36.3 Å². The van der Waals surface area contributed by atoms with Crippen LogP contribution in [0.1, 0.15) is 18.4 Å². The fourth-order valence-corrected chi connectivity index (χ4v) is 2.30. The Labute approximate surface area is 106 Å². The fraction of sp³-hybridized carbons (Fsp3) is 0.429. The van der Waals surface area contributed by atoms with Gasteiger partial charge in [-0.3, -0.25) is 4.79 Å². The highest BCUT2D eigenvalue weighted by Crippen LogP contribution is 2.48.